The summed E-state index contributed by atoms with van der Waals surface area (Å²) in [5.74, 6) is 1.75. The molecule has 2 heterocycles. The molecule has 0 aliphatic heterocycles. The van der Waals surface area contributed by atoms with Gasteiger partial charge in [0.25, 0.3) is 5.56 Å². The molecule has 5 aromatic rings. The highest BCUT2D eigenvalue weighted by Crippen LogP contribution is 2.31. The smallest absolute Gasteiger partial charge is 0.258 e. The summed E-state index contributed by atoms with van der Waals surface area (Å²) in [7, 11) is 0. The number of aromatic amines is 1. The Morgan fingerprint density at radius 1 is 0.970 bits per heavy atom. The van der Waals surface area contributed by atoms with E-state index in [1.54, 1.807) is 6.07 Å². The van der Waals surface area contributed by atoms with E-state index < -0.39 is 0 Å². The van der Waals surface area contributed by atoms with Crippen LogP contribution in [0.5, 0.6) is 0 Å². The maximum absolute atomic E-state index is 12.5. The molecule has 0 aliphatic carbocycles. The first-order chi connectivity index (χ1) is 16.1. The first-order valence-corrected chi connectivity index (χ1v) is 11.8. The molecular formula is C25H20ClN5OS. The van der Waals surface area contributed by atoms with Gasteiger partial charge in [0, 0.05) is 5.56 Å². The number of H-pyrrole nitrogens is 1. The van der Waals surface area contributed by atoms with Gasteiger partial charge in [0.2, 0.25) is 0 Å². The van der Waals surface area contributed by atoms with E-state index in [9.17, 15) is 4.79 Å². The van der Waals surface area contributed by atoms with Crippen LogP contribution in [0, 0.1) is 6.92 Å². The summed E-state index contributed by atoms with van der Waals surface area (Å²) in [6, 6.07) is 23.4. The number of thioether (sulfide) groups is 1. The molecule has 0 bridgehead atoms. The van der Waals surface area contributed by atoms with Crippen LogP contribution in [0.4, 0.5) is 0 Å². The fraction of sp³-hybridized carbons (Fsp3) is 0.120. The number of hydrogen-bond donors (Lipinski definition) is 1. The Morgan fingerprint density at radius 2 is 1.76 bits per heavy atom. The van der Waals surface area contributed by atoms with Crippen LogP contribution in [-0.2, 0) is 12.3 Å². The van der Waals surface area contributed by atoms with Crippen molar-refractivity contribution in [3.8, 4) is 11.4 Å². The molecule has 3 aromatic carbocycles. The van der Waals surface area contributed by atoms with Crippen molar-refractivity contribution in [1.29, 1.82) is 0 Å². The largest absolute Gasteiger partial charge is 0.309 e. The number of rotatable bonds is 6. The van der Waals surface area contributed by atoms with Gasteiger partial charge in [-0.05, 0) is 36.2 Å². The minimum atomic E-state index is -0.137. The average molecular weight is 474 g/mol. The van der Waals surface area contributed by atoms with Crippen molar-refractivity contribution in [1.82, 2.24) is 24.7 Å². The Balaban J connectivity index is 1.51. The molecule has 0 saturated heterocycles. The normalized spacial score (nSPS) is 11.2. The summed E-state index contributed by atoms with van der Waals surface area (Å²) in [6.07, 6.45) is 0. The first kappa shape index (κ1) is 21.4. The van der Waals surface area contributed by atoms with Crippen LogP contribution in [0.15, 0.2) is 82.7 Å². The van der Waals surface area contributed by atoms with Gasteiger partial charge >= 0.3 is 0 Å². The lowest BCUT2D eigenvalue weighted by atomic mass is 10.1. The minimum Gasteiger partial charge on any atom is -0.309 e. The zero-order chi connectivity index (χ0) is 22.8. The maximum atomic E-state index is 12.5. The number of fused-ring (bicyclic) bond motifs is 1. The third-order valence-electron chi connectivity index (χ3n) is 5.34. The second kappa shape index (κ2) is 9.21. The van der Waals surface area contributed by atoms with Gasteiger partial charge in [0.15, 0.2) is 11.0 Å². The molecule has 0 fully saturated rings. The lowest BCUT2D eigenvalue weighted by Crippen LogP contribution is -2.12. The summed E-state index contributed by atoms with van der Waals surface area (Å²) in [4.78, 5) is 20.1. The lowest BCUT2D eigenvalue weighted by molar-refractivity contribution is 0.714. The van der Waals surface area contributed by atoms with Gasteiger partial charge in [-0.2, -0.15) is 0 Å². The van der Waals surface area contributed by atoms with Gasteiger partial charge in [-0.15, -0.1) is 10.2 Å². The zero-order valence-electron chi connectivity index (χ0n) is 17.8. The Labute approximate surface area is 199 Å². The summed E-state index contributed by atoms with van der Waals surface area (Å²) in [5.41, 5.74) is 3.50. The highest BCUT2D eigenvalue weighted by atomic mass is 35.5. The monoisotopic (exact) mass is 473 g/mol. The van der Waals surface area contributed by atoms with Crippen molar-refractivity contribution in [3.05, 3.63) is 105 Å². The van der Waals surface area contributed by atoms with Crippen LogP contribution < -0.4 is 5.56 Å². The molecule has 164 valence electrons. The summed E-state index contributed by atoms with van der Waals surface area (Å²) >= 11 is 7.94. The third-order valence-corrected chi connectivity index (χ3v) is 6.65. The van der Waals surface area contributed by atoms with Crippen molar-refractivity contribution in [2.45, 2.75) is 24.4 Å². The van der Waals surface area contributed by atoms with Gasteiger partial charge in [0.05, 0.1) is 28.2 Å². The van der Waals surface area contributed by atoms with Crippen molar-refractivity contribution in [2.24, 2.45) is 0 Å². The molecule has 0 unspecified atom stereocenters. The predicted molar refractivity (Wildman–Crippen MR) is 133 cm³/mol. The van der Waals surface area contributed by atoms with E-state index >= 15 is 0 Å². The molecule has 0 aliphatic rings. The fourth-order valence-corrected chi connectivity index (χ4v) is 4.73. The predicted octanol–water partition coefficient (Wildman–Crippen LogP) is 5.48. The van der Waals surface area contributed by atoms with Crippen molar-refractivity contribution in [3.63, 3.8) is 0 Å². The molecule has 5 rings (SSSR count). The zero-order valence-corrected chi connectivity index (χ0v) is 19.4. The van der Waals surface area contributed by atoms with Gasteiger partial charge < -0.3 is 4.98 Å². The number of aryl methyl sites for hydroxylation is 1. The number of nitrogens with one attached hydrogen (secondary N) is 1. The second-order valence-electron chi connectivity index (χ2n) is 7.63. The number of benzene rings is 3. The number of hydrogen-bond acceptors (Lipinski definition) is 5. The van der Waals surface area contributed by atoms with Crippen LogP contribution in [0.1, 0.15) is 17.0 Å². The van der Waals surface area contributed by atoms with E-state index in [-0.39, 0.29) is 5.56 Å². The molecule has 33 heavy (non-hydrogen) atoms. The molecule has 0 spiro atoms. The highest BCUT2D eigenvalue weighted by molar-refractivity contribution is 7.98. The molecule has 6 nitrogen and oxygen atoms in total. The minimum absolute atomic E-state index is 0.137. The summed E-state index contributed by atoms with van der Waals surface area (Å²) < 4.78 is 2.05. The topological polar surface area (TPSA) is 76.5 Å². The van der Waals surface area contributed by atoms with E-state index in [2.05, 4.69) is 32.3 Å². The lowest BCUT2D eigenvalue weighted by Gasteiger charge is -2.11. The highest BCUT2D eigenvalue weighted by Gasteiger charge is 2.17. The molecule has 0 amide bonds. The van der Waals surface area contributed by atoms with Gasteiger partial charge in [-0.3, -0.25) is 9.36 Å². The number of nitrogens with zero attached hydrogens (tertiary/aromatic N) is 4. The summed E-state index contributed by atoms with van der Waals surface area (Å²) in [6.45, 7) is 2.55. The molecule has 8 heteroatoms. The average Bonchev–Trinajstić information content (AvgIpc) is 3.21. The van der Waals surface area contributed by atoms with Crippen LogP contribution in [0.2, 0.25) is 5.02 Å². The van der Waals surface area contributed by atoms with E-state index in [0.717, 1.165) is 27.4 Å². The Hall–Kier alpha value is -3.42. The Morgan fingerprint density at radius 3 is 2.58 bits per heavy atom. The Kier molecular flexibility index (Phi) is 5.98. The van der Waals surface area contributed by atoms with Crippen LogP contribution in [-0.4, -0.2) is 24.7 Å². The van der Waals surface area contributed by atoms with Crippen LogP contribution in [0.25, 0.3) is 22.3 Å². The second-order valence-corrected chi connectivity index (χ2v) is 8.98. The molecule has 1 N–H and O–H groups in total. The number of halogens is 1. The van der Waals surface area contributed by atoms with E-state index in [0.29, 0.717) is 34.4 Å². The van der Waals surface area contributed by atoms with Gasteiger partial charge in [-0.25, -0.2) is 4.98 Å². The van der Waals surface area contributed by atoms with Crippen molar-refractivity contribution in [2.75, 3.05) is 0 Å². The standard InChI is InChI=1S/C25H20ClN5OS/c1-16-8-7-12-19-22(16)27-21(28-24(19)32)15-33-25-30-29-23(18-11-5-6-13-20(18)26)31(25)14-17-9-3-2-4-10-17/h2-13H,14-15H2,1H3,(H,27,28,32). The number of aromatic nitrogens is 5. The summed E-state index contributed by atoms with van der Waals surface area (Å²) in [5, 5.41) is 10.8. The number of para-hydroxylation sites is 1. The molecule has 0 atom stereocenters. The molecule has 0 saturated carbocycles. The van der Waals surface area contributed by atoms with Gasteiger partial charge in [-0.1, -0.05) is 78.0 Å². The van der Waals surface area contributed by atoms with E-state index in [1.807, 2.05) is 66.1 Å². The molecule has 0 radical (unpaired) electrons. The maximum Gasteiger partial charge on any atom is 0.258 e. The van der Waals surface area contributed by atoms with E-state index in [4.69, 9.17) is 11.6 Å². The molecule has 2 aromatic heterocycles. The first-order valence-electron chi connectivity index (χ1n) is 10.4. The SMILES string of the molecule is Cc1cccc2c(=O)[nH]c(CSc3nnc(-c4ccccc4Cl)n3Cc3ccccc3)nc12. The van der Waals surface area contributed by atoms with E-state index in [1.165, 1.54) is 11.8 Å². The van der Waals surface area contributed by atoms with Gasteiger partial charge in [0.1, 0.15) is 5.82 Å². The van der Waals surface area contributed by atoms with Crippen molar-refractivity contribution >= 4 is 34.3 Å². The quantitative estimate of drug-likeness (QED) is 0.330. The molecular weight excluding hydrogens is 454 g/mol. The fourth-order valence-electron chi connectivity index (χ4n) is 3.70. The van der Waals surface area contributed by atoms with Crippen LogP contribution in [0.3, 0.4) is 0 Å². The van der Waals surface area contributed by atoms with Crippen molar-refractivity contribution < 1.29 is 0 Å². The Bertz CT molecular complexity index is 1500. The third kappa shape index (κ3) is 4.42. The van der Waals surface area contributed by atoms with Crippen LogP contribution >= 0.6 is 23.4 Å².